The minimum Gasteiger partial charge on any atom is -0.480 e. The molecule has 0 fully saturated rings. The maximum absolute atomic E-state index is 13.3. The van der Waals surface area contributed by atoms with Crippen LogP contribution in [0.4, 0.5) is 0 Å². The van der Waals surface area contributed by atoms with Gasteiger partial charge in [0.05, 0.1) is 35.8 Å². The Morgan fingerprint density at radius 1 is 0.868 bits per heavy atom. The molecule has 0 saturated heterocycles. The number of ether oxygens (including phenoxy) is 2. The average molecular weight is 564 g/mol. The highest BCUT2D eigenvalue weighted by atomic mass is 32.2. The molecule has 220 valence electrons. The number of nitrogens with one attached hydrogen (secondary N) is 4. The van der Waals surface area contributed by atoms with Gasteiger partial charge in [-0.3, -0.25) is 19.2 Å². The maximum atomic E-state index is 13.3. The van der Waals surface area contributed by atoms with Gasteiger partial charge in [0.25, 0.3) is 0 Å². The fourth-order valence-corrected chi connectivity index (χ4v) is 3.75. The normalized spacial score (nSPS) is 15.8. The number of nitrogens with two attached hydrogens (primary N) is 1. The van der Waals surface area contributed by atoms with Gasteiger partial charge in [0.2, 0.25) is 23.6 Å². The molecule has 0 aromatic carbocycles. The lowest BCUT2D eigenvalue weighted by Gasteiger charge is -2.32. The smallest absolute Gasteiger partial charge is 0.327 e. The number of carboxylic acids is 1. The van der Waals surface area contributed by atoms with Crippen molar-refractivity contribution in [2.24, 2.45) is 5.73 Å². The number of hydrogen-bond acceptors (Lipinski definition) is 9. The summed E-state index contributed by atoms with van der Waals surface area (Å²) in [6, 6.07) is -4.70. The van der Waals surface area contributed by atoms with Gasteiger partial charge in [-0.2, -0.15) is 0 Å². The summed E-state index contributed by atoms with van der Waals surface area (Å²) in [5.74, 6) is -3.56. The van der Waals surface area contributed by atoms with E-state index in [0.717, 1.165) is 11.8 Å². The fraction of sp³-hybridized carbons (Fsp3) is 0.792. The van der Waals surface area contributed by atoms with Crippen molar-refractivity contribution < 1.29 is 38.6 Å². The molecule has 13 nitrogen and oxygen atoms in total. The van der Waals surface area contributed by atoms with E-state index in [4.69, 9.17) is 15.2 Å². The van der Waals surface area contributed by atoms with Crippen molar-refractivity contribution in [2.45, 2.75) is 104 Å². The van der Waals surface area contributed by atoms with Gasteiger partial charge in [-0.05, 0) is 55.4 Å². The number of thioether (sulfide) groups is 1. The van der Waals surface area contributed by atoms with E-state index in [9.17, 15) is 29.1 Å². The second-order valence-corrected chi connectivity index (χ2v) is 11.9. The van der Waals surface area contributed by atoms with Gasteiger partial charge >= 0.3 is 5.97 Å². The van der Waals surface area contributed by atoms with Gasteiger partial charge in [0.15, 0.2) is 0 Å². The van der Waals surface area contributed by atoms with Crippen LogP contribution in [0.3, 0.4) is 0 Å². The molecule has 14 heteroatoms. The van der Waals surface area contributed by atoms with Crippen LogP contribution < -0.4 is 27.0 Å². The topological polar surface area (TPSA) is 198 Å². The standard InChI is InChI=1S/C24H45N5O8S/c1-13(25)19(31)29-18(14(2)37-24(7,8)9)21(33)27-16(10-36-23(4,5)6)20(32)28-17(22(34)35)11-38-12-26-15(3)30/h13-14,16-18H,10-12,25H2,1-9H3,(H,26,30)(H,27,33)(H,28,32)(H,29,31)(H,34,35)/t13?,14?,16-,17-,18-/m0/s1. The first-order valence-electron chi connectivity index (χ1n) is 12.3. The van der Waals surface area contributed by atoms with Gasteiger partial charge in [0, 0.05) is 12.7 Å². The second kappa shape index (κ2) is 15.9. The molecule has 7 N–H and O–H groups in total. The number of carbonyl (C=O) groups is 5. The molecule has 0 heterocycles. The first-order chi connectivity index (χ1) is 17.2. The van der Waals surface area contributed by atoms with E-state index in [-0.39, 0.29) is 24.1 Å². The summed E-state index contributed by atoms with van der Waals surface area (Å²) in [5, 5.41) is 19.6. The van der Waals surface area contributed by atoms with Crippen LogP contribution in [0.5, 0.6) is 0 Å². The minimum atomic E-state index is -1.30. The number of carbonyl (C=O) groups excluding carboxylic acids is 4. The zero-order chi connectivity index (χ0) is 29.8. The highest BCUT2D eigenvalue weighted by Gasteiger charge is 2.35. The molecule has 0 aliphatic carbocycles. The molecule has 0 radical (unpaired) electrons. The molecule has 0 aliphatic heterocycles. The summed E-state index contributed by atoms with van der Waals surface area (Å²) in [6.07, 6.45) is -0.804. The summed E-state index contributed by atoms with van der Waals surface area (Å²) in [7, 11) is 0. The van der Waals surface area contributed by atoms with Gasteiger partial charge in [-0.25, -0.2) is 4.79 Å². The lowest BCUT2D eigenvalue weighted by atomic mass is 10.1. The van der Waals surface area contributed by atoms with Crippen molar-refractivity contribution in [2.75, 3.05) is 18.2 Å². The Kier molecular flexibility index (Phi) is 14.9. The van der Waals surface area contributed by atoms with E-state index < -0.39 is 65.2 Å². The molecule has 5 atom stereocenters. The minimum absolute atomic E-state index is 0.0360. The van der Waals surface area contributed by atoms with Crippen molar-refractivity contribution >= 4 is 41.4 Å². The number of carboxylic acid groups (broad SMARTS) is 1. The van der Waals surface area contributed by atoms with Crippen molar-refractivity contribution in [1.29, 1.82) is 0 Å². The number of rotatable bonds is 15. The van der Waals surface area contributed by atoms with E-state index in [2.05, 4.69) is 21.3 Å². The van der Waals surface area contributed by atoms with Gasteiger partial charge in [-0.15, -0.1) is 11.8 Å². The zero-order valence-corrected chi connectivity index (χ0v) is 24.6. The third kappa shape index (κ3) is 15.7. The van der Waals surface area contributed by atoms with Crippen LogP contribution in [0, 0.1) is 0 Å². The van der Waals surface area contributed by atoms with Crippen LogP contribution >= 0.6 is 11.8 Å². The quantitative estimate of drug-likeness (QED) is 0.114. The lowest BCUT2D eigenvalue weighted by molar-refractivity contribution is -0.143. The molecule has 0 aliphatic rings. The van der Waals surface area contributed by atoms with Gasteiger partial charge < -0.3 is 41.6 Å². The molecule has 0 bridgehead atoms. The van der Waals surface area contributed by atoms with Crippen LogP contribution in [0.2, 0.25) is 0 Å². The molecule has 4 amide bonds. The Morgan fingerprint density at radius 3 is 1.87 bits per heavy atom. The van der Waals surface area contributed by atoms with Crippen LogP contribution in [0.25, 0.3) is 0 Å². The largest absolute Gasteiger partial charge is 0.480 e. The van der Waals surface area contributed by atoms with Gasteiger partial charge in [-0.1, -0.05) is 0 Å². The number of hydrogen-bond donors (Lipinski definition) is 6. The predicted octanol–water partition coefficient (Wildman–Crippen LogP) is -0.282. The summed E-state index contributed by atoms with van der Waals surface area (Å²) in [6.45, 7) is 14.8. The summed E-state index contributed by atoms with van der Waals surface area (Å²) >= 11 is 1.10. The van der Waals surface area contributed by atoms with E-state index in [1.165, 1.54) is 13.8 Å². The van der Waals surface area contributed by atoms with Crippen LogP contribution in [0.15, 0.2) is 0 Å². The lowest BCUT2D eigenvalue weighted by Crippen LogP contribution is -2.61. The third-order valence-electron chi connectivity index (χ3n) is 4.64. The molecule has 0 rings (SSSR count). The number of amides is 4. The molecular formula is C24H45N5O8S. The molecule has 0 spiro atoms. The van der Waals surface area contributed by atoms with Gasteiger partial charge in [0.1, 0.15) is 18.1 Å². The van der Waals surface area contributed by atoms with Crippen molar-refractivity contribution in [3.63, 3.8) is 0 Å². The van der Waals surface area contributed by atoms with E-state index >= 15 is 0 Å². The van der Waals surface area contributed by atoms with E-state index in [1.54, 1.807) is 48.5 Å². The first kappa shape index (κ1) is 35.6. The fourth-order valence-electron chi connectivity index (χ4n) is 2.86. The summed E-state index contributed by atoms with van der Waals surface area (Å²) < 4.78 is 11.6. The van der Waals surface area contributed by atoms with Crippen LogP contribution in [-0.4, -0.2) is 94.4 Å². The van der Waals surface area contributed by atoms with E-state index in [0.29, 0.717) is 0 Å². The van der Waals surface area contributed by atoms with Crippen molar-refractivity contribution in [1.82, 2.24) is 21.3 Å². The second-order valence-electron chi connectivity index (χ2n) is 10.8. The molecule has 0 aromatic rings. The highest BCUT2D eigenvalue weighted by molar-refractivity contribution is 7.99. The molecule has 2 unspecified atom stereocenters. The SMILES string of the molecule is CC(=O)NCSC[C@H](NC(=O)[C@H](COC(C)(C)C)NC(=O)[C@@H](NC(=O)C(C)N)C(C)OC(C)(C)C)C(=O)O. The third-order valence-corrected chi connectivity index (χ3v) is 5.56. The molecular weight excluding hydrogens is 518 g/mol. The Hall–Kier alpha value is -2.42. The first-order valence-corrected chi connectivity index (χ1v) is 13.4. The highest BCUT2D eigenvalue weighted by Crippen LogP contribution is 2.14. The molecule has 38 heavy (non-hydrogen) atoms. The predicted molar refractivity (Wildman–Crippen MR) is 144 cm³/mol. The molecule has 0 aromatic heterocycles. The summed E-state index contributed by atoms with van der Waals surface area (Å²) in [4.78, 5) is 61.5. The van der Waals surface area contributed by atoms with Crippen LogP contribution in [-0.2, 0) is 33.4 Å². The Labute approximate surface area is 229 Å². The van der Waals surface area contributed by atoms with Crippen molar-refractivity contribution in [3.8, 4) is 0 Å². The Bertz CT molecular complexity index is 826. The maximum Gasteiger partial charge on any atom is 0.327 e. The zero-order valence-electron chi connectivity index (χ0n) is 23.8. The van der Waals surface area contributed by atoms with Crippen LogP contribution in [0.1, 0.15) is 62.3 Å². The Balaban J connectivity index is 5.80. The monoisotopic (exact) mass is 563 g/mol. The average Bonchev–Trinajstić information content (AvgIpc) is 2.73. The Morgan fingerprint density at radius 2 is 1.42 bits per heavy atom. The summed E-state index contributed by atoms with van der Waals surface area (Å²) in [5.41, 5.74) is 4.34. The van der Waals surface area contributed by atoms with Crippen molar-refractivity contribution in [3.05, 3.63) is 0 Å². The van der Waals surface area contributed by atoms with E-state index in [1.807, 2.05) is 0 Å². The number of aliphatic carboxylic acids is 1. The molecule has 0 saturated carbocycles.